The van der Waals surface area contributed by atoms with E-state index in [1.165, 1.54) is 16.5 Å². The van der Waals surface area contributed by atoms with E-state index in [-0.39, 0.29) is 6.10 Å². The van der Waals surface area contributed by atoms with E-state index >= 15 is 0 Å². The molecule has 2 aromatic rings. The van der Waals surface area contributed by atoms with E-state index in [1.807, 2.05) is 0 Å². The number of hydrogen-bond acceptors (Lipinski definition) is 2. The molecule has 92 valence electrons. The van der Waals surface area contributed by atoms with E-state index in [9.17, 15) is 0 Å². The van der Waals surface area contributed by atoms with Gasteiger partial charge in [-0.3, -0.25) is 0 Å². The number of fused-ring (bicyclic) bond motifs is 1. The fourth-order valence-electron chi connectivity index (χ4n) is 2.17. The van der Waals surface area contributed by atoms with Crippen molar-refractivity contribution in [3.05, 3.63) is 36.0 Å². The molecule has 0 saturated carbocycles. The lowest BCUT2D eigenvalue weighted by molar-refractivity contribution is 0.104. The number of aromatic nitrogens is 1. The van der Waals surface area contributed by atoms with Crippen molar-refractivity contribution in [2.75, 3.05) is 13.7 Å². The van der Waals surface area contributed by atoms with Gasteiger partial charge in [-0.05, 0) is 37.6 Å². The number of rotatable bonds is 5. The van der Waals surface area contributed by atoms with Gasteiger partial charge in [-0.1, -0.05) is 12.1 Å². The van der Waals surface area contributed by atoms with Gasteiger partial charge in [0.2, 0.25) is 0 Å². The third kappa shape index (κ3) is 2.51. The highest BCUT2D eigenvalue weighted by atomic mass is 16.5. The second kappa shape index (κ2) is 5.34. The summed E-state index contributed by atoms with van der Waals surface area (Å²) in [5.41, 5.74) is 8.23. The molecule has 17 heavy (non-hydrogen) atoms. The van der Waals surface area contributed by atoms with E-state index in [0.29, 0.717) is 6.54 Å². The lowest BCUT2D eigenvalue weighted by Crippen LogP contribution is -2.13. The van der Waals surface area contributed by atoms with Crippen LogP contribution in [0.5, 0.6) is 0 Å². The molecule has 0 bridgehead atoms. The van der Waals surface area contributed by atoms with Gasteiger partial charge in [-0.2, -0.15) is 0 Å². The summed E-state index contributed by atoms with van der Waals surface area (Å²) < 4.78 is 7.55. The molecule has 0 aliphatic rings. The van der Waals surface area contributed by atoms with Crippen LogP contribution in [0.25, 0.3) is 10.9 Å². The Balaban J connectivity index is 2.36. The smallest absolute Gasteiger partial charge is 0.0722 e. The molecule has 0 aliphatic heterocycles. The lowest BCUT2D eigenvalue weighted by Gasteiger charge is -2.12. The molecule has 0 spiro atoms. The third-order valence-corrected chi connectivity index (χ3v) is 3.17. The highest BCUT2D eigenvalue weighted by Crippen LogP contribution is 2.21. The summed E-state index contributed by atoms with van der Waals surface area (Å²) in [6, 6.07) is 8.57. The fourth-order valence-corrected chi connectivity index (χ4v) is 2.17. The molecular weight excluding hydrogens is 212 g/mol. The molecule has 0 saturated heterocycles. The summed E-state index contributed by atoms with van der Waals surface area (Å²) in [6.07, 6.45) is 3.28. The van der Waals surface area contributed by atoms with Crippen LogP contribution in [0.2, 0.25) is 0 Å². The van der Waals surface area contributed by atoms with Gasteiger partial charge in [0.1, 0.15) is 0 Å². The van der Waals surface area contributed by atoms with Crippen molar-refractivity contribution in [2.45, 2.75) is 26.0 Å². The first kappa shape index (κ1) is 12.1. The molecule has 0 amide bonds. The average Bonchev–Trinajstić information content (AvgIpc) is 2.74. The summed E-state index contributed by atoms with van der Waals surface area (Å²) in [7, 11) is 1.75. The summed E-state index contributed by atoms with van der Waals surface area (Å²) in [5.74, 6) is 0. The first-order valence-electron chi connectivity index (χ1n) is 6.06. The normalized spacial score (nSPS) is 13.1. The van der Waals surface area contributed by atoms with Crippen molar-refractivity contribution >= 4 is 10.9 Å². The quantitative estimate of drug-likeness (QED) is 0.858. The molecule has 3 nitrogen and oxygen atoms in total. The molecule has 1 heterocycles. The zero-order valence-corrected chi connectivity index (χ0v) is 10.5. The summed E-state index contributed by atoms with van der Waals surface area (Å²) in [6.45, 7) is 3.65. The summed E-state index contributed by atoms with van der Waals surface area (Å²) in [4.78, 5) is 0. The largest absolute Gasteiger partial charge is 0.380 e. The Bertz CT molecular complexity index is 490. The minimum atomic E-state index is 0.226. The second-order valence-corrected chi connectivity index (χ2v) is 4.40. The first-order valence-corrected chi connectivity index (χ1v) is 6.06. The molecular formula is C14H20N2O. The SMILES string of the molecule is COC(C)Cn1ccc2c(CCN)cccc21. The third-order valence-electron chi connectivity index (χ3n) is 3.17. The topological polar surface area (TPSA) is 40.2 Å². The highest BCUT2D eigenvalue weighted by molar-refractivity contribution is 5.83. The van der Waals surface area contributed by atoms with Crippen LogP contribution < -0.4 is 5.73 Å². The van der Waals surface area contributed by atoms with Gasteiger partial charge >= 0.3 is 0 Å². The number of nitrogens with zero attached hydrogens (tertiary/aromatic N) is 1. The molecule has 3 heteroatoms. The van der Waals surface area contributed by atoms with E-state index < -0.39 is 0 Å². The van der Waals surface area contributed by atoms with Crippen molar-refractivity contribution in [2.24, 2.45) is 5.73 Å². The standard InChI is InChI=1S/C14H20N2O/c1-11(17-2)10-16-9-7-13-12(6-8-15)4-3-5-14(13)16/h3-5,7,9,11H,6,8,10,15H2,1-2H3. The van der Waals surface area contributed by atoms with Gasteiger partial charge in [0, 0.05) is 30.8 Å². The minimum Gasteiger partial charge on any atom is -0.380 e. The minimum absolute atomic E-state index is 0.226. The van der Waals surface area contributed by atoms with Crippen LogP contribution in [-0.2, 0) is 17.7 Å². The molecule has 1 unspecified atom stereocenters. The van der Waals surface area contributed by atoms with Crippen molar-refractivity contribution in [3.8, 4) is 0 Å². The number of methoxy groups -OCH3 is 1. The number of hydrogen-bond donors (Lipinski definition) is 1. The summed E-state index contributed by atoms with van der Waals surface area (Å²) >= 11 is 0. The van der Waals surface area contributed by atoms with Gasteiger partial charge in [-0.25, -0.2) is 0 Å². The Morgan fingerprint density at radius 1 is 1.35 bits per heavy atom. The van der Waals surface area contributed by atoms with Crippen molar-refractivity contribution in [1.82, 2.24) is 4.57 Å². The Morgan fingerprint density at radius 2 is 2.18 bits per heavy atom. The first-order chi connectivity index (χ1) is 8.26. The monoisotopic (exact) mass is 232 g/mol. The average molecular weight is 232 g/mol. The van der Waals surface area contributed by atoms with Gasteiger partial charge in [0.15, 0.2) is 0 Å². The highest BCUT2D eigenvalue weighted by Gasteiger charge is 2.07. The molecule has 0 aliphatic carbocycles. The van der Waals surface area contributed by atoms with E-state index in [2.05, 4.69) is 42.0 Å². The van der Waals surface area contributed by atoms with Crippen molar-refractivity contribution in [3.63, 3.8) is 0 Å². The van der Waals surface area contributed by atoms with Crippen LogP contribution in [0.4, 0.5) is 0 Å². The molecule has 0 radical (unpaired) electrons. The number of benzene rings is 1. The van der Waals surface area contributed by atoms with Crippen LogP contribution in [0.15, 0.2) is 30.5 Å². The predicted molar refractivity (Wildman–Crippen MR) is 71.2 cm³/mol. The Kier molecular flexibility index (Phi) is 3.82. The van der Waals surface area contributed by atoms with Gasteiger partial charge < -0.3 is 15.0 Å². The second-order valence-electron chi connectivity index (χ2n) is 4.40. The van der Waals surface area contributed by atoms with Crippen LogP contribution >= 0.6 is 0 Å². The van der Waals surface area contributed by atoms with Gasteiger partial charge in [0.05, 0.1) is 6.10 Å². The van der Waals surface area contributed by atoms with Crippen molar-refractivity contribution in [1.29, 1.82) is 0 Å². The van der Waals surface area contributed by atoms with E-state index in [0.717, 1.165) is 13.0 Å². The van der Waals surface area contributed by atoms with Crippen LogP contribution in [0.3, 0.4) is 0 Å². The molecule has 2 rings (SSSR count). The Labute approximate surface area is 102 Å². The zero-order valence-electron chi connectivity index (χ0n) is 10.5. The number of nitrogens with two attached hydrogens (primary N) is 1. The van der Waals surface area contributed by atoms with Crippen LogP contribution in [0.1, 0.15) is 12.5 Å². The van der Waals surface area contributed by atoms with E-state index in [1.54, 1.807) is 7.11 Å². The Morgan fingerprint density at radius 3 is 2.88 bits per heavy atom. The van der Waals surface area contributed by atoms with E-state index in [4.69, 9.17) is 10.5 Å². The fraction of sp³-hybridized carbons (Fsp3) is 0.429. The van der Waals surface area contributed by atoms with Crippen LogP contribution in [0, 0.1) is 0 Å². The Hall–Kier alpha value is -1.32. The maximum atomic E-state index is 5.63. The van der Waals surface area contributed by atoms with Crippen molar-refractivity contribution < 1.29 is 4.74 Å². The molecule has 1 aromatic carbocycles. The maximum absolute atomic E-state index is 5.63. The predicted octanol–water partition coefficient (Wildman–Crippen LogP) is 2.18. The molecule has 0 fully saturated rings. The zero-order chi connectivity index (χ0) is 12.3. The maximum Gasteiger partial charge on any atom is 0.0722 e. The van der Waals surface area contributed by atoms with Gasteiger partial charge in [-0.15, -0.1) is 0 Å². The molecule has 2 N–H and O–H groups in total. The van der Waals surface area contributed by atoms with Crippen LogP contribution in [-0.4, -0.2) is 24.3 Å². The lowest BCUT2D eigenvalue weighted by atomic mass is 10.1. The molecule has 1 atom stereocenters. The summed E-state index contributed by atoms with van der Waals surface area (Å²) in [5, 5.41) is 1.31. The molecule has 1 aromatic heterocycles. The number of ether oxygens (including phenoxy) is 1. The van der Waals surface area contributed by atoms with Gasteiger partial charge in [0.25, 0.3) is 0 Å².